The maximum Gasteiger partial charge on any atom is 0.410 e. The lowest BCUT2D eigenvalue weighted by Crippen LogP contribution is -2.45. The Morgan fingerprint density at radius 3 is 2.74 bits per heavy atom. The van der Waals surface area contributed by atoms with E-state index in [-0.39, 0.29) is 18.0 Å². The van der Waals surface area contributed by atoms with Gasteiger partial charge in [-0.2, -0.15) is 0 Å². The summed E-state index contributed by atoms with van der Waals surface area (Å²) in [5.74, 6) is 0.00517. The summed E-state index contributed by atoms with van der Waals surface area (Å²) < 4.78 is 14.0. The lowest BCUT2D eigenvalue weighted by atomic mass is 9.87. The minimum absolute atomic E-state index is 0.00517. The van der Waals surface area contributed by atoms with E-state index >= 15 is 0 Å². The molecule has 3 aliphatic heterocycles. The molecule has 0 radical (unpaired) electrons. The first kappa shape index (κ1) is 26.1. The third-order valence-corrected chi connectivity index (χ3v) is 8.41. The first-order chi connectivity index (χ1) is 18.6. The van der Waals surface area contributed by atoms with Crippen molar-refractivity contribution < 1.29 is 19.1 Å². The van der Waals surface area contributed by atoms with E-state index in [0.717, 1.165) is 47.8 Å². The summed E-state index contributed by atoms with van der Waals surface area (Å²) in [6.07, 6.45) is 6.71. The van der Waals surface area contributed by atoms with Crippen LogP contribution in [0.25, 0.3) is 10.9 Å². The molecule has 3 aromatic rings. The highest BCUT2D eigenvalue weighted by atomic mass is 35.5. The molecule has 5 heterocycles. The summed E-state index contributed by atoms with van der Waals surface area (Å²) in [6.45, 7) is 8.66. The average Bonchev–Trinajstić information content (AvgIpc) is 3.60. The number of hydrogen-bond donors (Lipinski definition) is 0. The molecule has 39 heavy (non-hydrogen) atoms. The van der Waals surface area contributed by atoms with Gasteiger partial charge in [0.05, 0.1) is 29.4 Å². The number of piperidine rings is 1. The maximum atomic E-state index is 13.9. The van der Waals surface area contributed by atoms with Gasteiger partial charge in [-0.05, 0) is 64.7 Å². The topological polar surface area (TPSA) is 76.9 Å². The van der Waals surface area contributed by atoms with Crippen molar-refractivity contribution in [1.82, 2.24) is 19.4 Å². The SMILES string of the molecule is CC(C)(C)OC(=O)N1CCCC1Cn1cc(C(=O)N2CCC3(CC2)OCc2cccnc23)c2ccc(Cl)cc21. The molecule has 2 amide bonds. The van der Waals surface area contributed by atoms with Gasteiger partial charge in [-0.1, -0.05) is 23.7 Å². The van der Waals surface area contributed by atoms with Crippen LogP contribution in [0.1, 0.15) is 68.1 Å². The Kier molecular flexibility index (Phi) is 6.58. The van der Waals surface area contributed by atoms with E-state index in [1.165, 1.54) is 0 Å². The quantitative estimate of drug-likeness (QED) is 0.415. The Hall–Kier alpha value is -3.10. The molecule has 0 bridgehead atoms. The Balaban J connectivity index is 1.23. The van der Waals surface area contributed by atoms with Crippen molar-refractivity contribution in [1.29, 1.82) is 0 Å². The summed E-state index contributed by atoms with van der Waals surface area (Å²) in [5, 5.41) is 1.48. The zero-order valence-corrected chi connectivity index (χ0v) is 23.5. The van der Waals surface area contributed by atoms with E-state index in [1.807, 2.05) is 67.2 Å². The van der Waals surface area contributed by atoms with Crippen LogP contribution in [0.5, 0.6) is 0 Å². The molecule has 1 atom stereocenters. The normalized spacial score (nSPS) is 20.6. The summed E-state index contributed by atoms with van der Waals surface area (Å²) >= 11 is 6.39. The van der Waals surface area contributed by atoms with E-state index in [9.17, 15) is 9.59 Å². The van der Waals surface area contributed by atoms with Crippen LogP contribution in [0, 0.1) is 0 Å². The second-order valence-corrected chi connectivity index (χ2v) is 12.3. The lowest BCUT2D eigenvalue weighted by molar-refractivity contribution is -0.0762. The predicted octanol–water partition coefficient (Wildman–Crippen LogP) is 5.75. The van der Waals surface area contributed by atoms with Gasteiger partial charge in [0.25, 0.3) is 5.91 Å². The number of halogens is 1. The number of carbonyl (C=O) groups is 2. The molecule has 2 aromatic heterocycles. The standard InChI is InChI=1S/C30H35ClN4O4/c1-29(2,3)39-28(37)35-13-5-7-22(35)17-34-18-24(23-9-8-21(31)16-25(23)34)27(36)33-14-10-30(11-15-33)26-20(19-38-30)6-4-12-32-26/h4,6,8-9,12,16,18,22H,5,7,10-11,13-15,17,19H2,1-3H3. The highest BCUT2D eigenvalue weighted by molar-refractivity contribution is 6.31. The summed E-state index contributed by atoms with van der Waals surface area (Å²) in [7, 11) is 0. The van der Waals surface area contributed by atoms with Gasteiger partial charge in [0, 0.05) is 54.5 Å². The predicted molar refractivity (Wildman–Crippen MR) is 149 cm³/mol. The maximum absolute atomic E-state index is 13.9. The molecule has 1 unspecified atom stereocenters. The summed E-state index contributed by atoms with van der Waals surface area (Å²) in [6, 6.07) is 9.66. The fraction of sp³-hybridized carbons (Fsp3) is 0.500. The molecule has 206 valence electrons. The molecule has 2 saturated heterocycles. The van der Waals surface area contributed by atoms with Gasteiger partial charge in [0.2, 0.25) is 0 Å². The molecule has 0 aliphatic carbocycles. The van der Waals surface area contributed by atoms with Crippen molar-refractivity contribution >= 4 is 34.5 Å². The second-order valence-electron chi connectivity index (χ2n) is 11.9. The van der Waals surface area contributed by atoms with Gasteiger partial charge in [0.1, 0.15) is 11.2 Å². The molecule has 1 aromatic carbocycles. The Morgan fingerprint density at radius 1 is 1.18 bits per heavy atom. The van der Waals surface area contributed by atoms with Crippen LogP contribution in [0.2, 0.25) is 5.02 Å². The van der Waals surface area contributed by atoms with E-state index in [0.29, 0.717) is 43.4 Å². The van der Waals surface area contributed by atoms with Crippen LogP contribution < -0.4 is 0 Å². The van der Waals surface area contributed by atoms with Crippen LogP contribution in [-0.2, 0) is 28.2 Å². The van der Waals surface area contributed by atoms with Crippen molar-refractivity contribution in [2.24, 2.45) is 0 Å². The highest BCUT2D eigenvalue weighted by Gasteiger charge is 2.45. The number of aromatic nitrogens is 2. The number of carbonyl (C=O) groups excluding carboxylic acids is 2. The molecular formula is C30H35ClN4O4. The van der Waals surface area contributed by atoms with E-state index in [1.54, 1.807) is 0 Å². The fourth-order valence-corrected chi connectivity index (χ4v) is 6.44. The summed E-state index contributed by atoms with van der Waals surface area (Å²) in [5.41, 5.74) is 2.77. The number of pyridine rings is 1. The average molecular weight is 551 g/mol. The van der Waals surface area contributed by atoms with Crippen LogP contribution in [0.15, 0.2) is 42.7 Å². The second kappa shape index (κ2) is 9.82. The smallest absolute Gasteiger partial charge is 0.410 e. The largest absolute Gasteiger partial charge is 0.444 e. The Labute approximate surface area is 233 Å². The molecule has 1 spiro atoms. The number of rotatable bonds is 3. The van der Waals surface area contributed by atoms with Gasteiger partial charge < -0.3 is 23.8 Å². The van der Waals surface area contributed by atoms with Crippen molar-refractivity contribution in [2.45, 2.75) is 76.9 Å². The number of hydrogen-bond acceptors (Lipinski definition) is 5. The van der Waals surface area contributed by atoms with Crippen LogP contribution in [-0.4, -0.2) is 62.6 Å². The third-order valence-electron chi connectivity index (χ3n) is 8.17. The minimum Gasteiger partial charge on any atom is -0.444 e. The third kappa shape index (κ3) is 4.89. The molecule has 6 rings (SSSR count). The number of benzene rings is 1. The van der Waals surface area contributed by atoms with Gasteiger partial charge in [-0.15, -0.1) is 0 Å². The molecule has 2 fully saturated rings. The van der Waals surface area contributed by atoms with Crippen LogP contribution in [0.4, 0.5) is 4.79 Å². The Morgan fingerprint density at radius 2 is 1.97 bits per heavy atom. The molecule has 8 nitrogen and oxygen atoms in total. The van der Waals surface area contributed by atoms with Crippen LogP contribution in [0.3, 0.4) is 0 Å². The van der Waals surface area contributed by atoms with Gasteiger partial charge >= 0.3 is 6.09 Å². The molecule has 0 saturated carbocycles. The minimum atomic E-state index is -0.549. The first-order valence-corrected chi connectivity index (χ1v) is 14.2. The number of nitrogens with zero attached hydrogens (tertiary/aromatic N) is 4. The number of likely N-dealkylation sites (tertiary alicyclic amines) is 2. The van der Waals surface area contributed by atoms with Crippen molar-refractivity contribution in [2.75, 3.05) is 19.6 Å². The number of fused-ring (bicyclic) bond motifs is 3. The molecule has 3 aliphatic rings. The molecular weight excluding hydrogens is 516 g/mol. The molecule has 9 heteroatoms. The van der Waals surface area contributed by atoms with Crippen molar-refractivity contribution in [3.63, 3.8) is 0 Å². The van der Waals surface area contributed by atoms with Crippen molar-refractivity contribution in [3.8, 4) is 0 Å². The van der Waals surface area contributed by atoms with Crippen LogP contribution >= 0.6 is 11.6 Å². The first-order valence-electron chi connectivity index (χ1n) is 13.8. The molecule has 0 N–H and O–H groups in total. The van der Waals surface area contributed by atoms with Crippen molar-refractivity contribution in [3.05, 3.63) is 64.6 Å². The zero-order chi connectivity index (χ0) is 27.4. The van der Waals surface area contributed by atoms with E-state index in [4.69, 9.17) is 21.1 Å². The van der Waals surface area contributed by atoms with Gasteiger partial charge in [0.15, 0.2) is 0 Å². The number of amides is 2. The highest BCUT2D eigenvalue weighted by Crippen LogP contribution is 2.43. The summed E-state index contributed by atoms with van der Waals surface area (Å²) in [4.78, 5) is 35.1. The van der Waals surface area contributed by atoms with Gasteiger partial charge in [-0.3, -0.25) is 9.78 Å². The zero-order valence-electron chi connectivity index (χ0n) is 22.8. The fourth-order valence-electron chi connectivity index (χ4n) is 6.27. The van der Waals surface area contributed by atoms with E-state index in [2.05, 4.69) is 15.6 Å². The number of ether oxygens (including phenoxy) is 2. The lowest BCUT2D eigenvalue weighted by Gasteiger charge is -2.38. The monoisotopic (exact) mass is 550 g/mol. The Bertz CT molecular complexity index is 1420. The van der Waals surface area contributed by atoms with Gasteiger partial charge in [-0.25, -0.2) is 4.79 Å². The van der Waals surface area contributed by atoms with E-state index < -0.39 is 11.2 Å².